The molecule has 0 fully saturated rings. The molecule has 0 N–H and O–H groups in total. The van der Waals surface area contributed by atoms with Crippen LogP contribution in [0.25, 0.3) is 171 Å². The molecule has 0 spiro atoms. The molecule has 0 radical (unpaired) electrons. The lowest BCUT2D eigenvalue weighted by molar-refractivity contribution is 0.669. The largest absolute Gasteiger partial charge is 0.456 e. The van der Waals surface area contributed by atoms with Gasteiger partial charge < -0.3 is 22.4 Å². The summed E-state index contributed by atoms with van der Waals surface area (Å²) in [4.78, 5) is 11.2. The minimum atomic E-state index is 0.602. The second-order valence-electron chi connectivity index (χ2n) is 20.5. The Kier molecular flexibility index (Phi) is 8.24. The first kappa shape index (κ1) is 41.6. The van der Waals surface area contributed by atoms with Gasteiger partial charge >= 0.3 is 0 Å². The summed E-state index contributed by atoms with van der Waals surface area (Å²) in [7, 11) is 0. The first-order chi connectivity index (χ1) is 38.6. The molecular formula is C70H39N5O3. The number of rotatable bonds is 5. The molecule has 0 unspecified atom stereocenters. The predicted molar refractivity (Wildman–Crippen MR) is 318 cm³/mol. The molecule has 7 aromatic heterocycles. The van der Waals surface area contributed by atoms with Crippen LogP contribution >= 0.6 is 0 Å². The molecule has 18 aromatic rings. The maximum atomic E-state index is 6.49. The molecule has 0 atom stereocenters. The molecule has 0 saturated heterocycles. The van der Waals surface area contributed by atoms with Gasteiger partial charge in [-0.2, -0.15) is 0 Å². The van der Waals surface area contributed by atoms with E-state index in [1.54, 1.807) is 0 Å². The van der Waals surface area contributed by atoms with E-state index in [4.69, 9.17) is 23.2 Å². The summed E-state index contributed by atoms with van der Waals surface area (Å²) >= 11 is 0. The summed E-state index contributed by atoms with van der Waals surface area (Å²) < 4.78 is 26.4. The zero-order valence-corrected chi connectivity index (χ0v) is 41.5. The third-order valence-electron chi connectivity index (χ3n) is 16.2. The second kappa shape index (κ2) is 15.4. The molecule has 7 heterocycles. The quantitative estimate of drug-likeness (QED) is 0.172. The molecule has 0 aliphatic carbocycles. The maximum Gasteiger partial charge on any atom is 0.162 e. The number of benzene rings is 11. The van der Waals surface area contributed by atoms with Crippen LogP contribution in [-0.2, 0) is 0 Å². The number of aromatic nitrogens is 5. The molecular weight excluding hydrogens is 959 g/mol. The zero-order valence-electron chi connectivity index (χ0n) is 41.5. The highest BCUT2D eigenvalue weighted by Crippen LogP contribution is 2.43. The van der Waals surface area contributed by atoms with Crippen molar-refractivity contribution in [2.24, 2.45) is 0 Å². The van der Waals surface area contributed by atoms with Crippen molar-refractivity contribution in [1.29, 1.82) is 0 Å². The van der Waals surface area contributed by atoms with Gasteiger partial charge in [0.1, 0.15) is 39.3 Å². The maximum absolute atomic E-state index is 6.49. The molecule has 8 heteroatoms. The molecule has 0 aliphatic heterocycles. The van der Waals surface area contributed by atoms with Gasteiger partial charge in [0.2, 0.25) is 0 Å². The van der Waals surface area contributed by atoms with Gasteiger partial charge in [-0.15, -0.1) is 0 Å². The van der Waals surface area contributed by atoms with Crippen LogP contribution in [0, 0.1) is 0 Å². The van der Waals surface area contributed by atoms with Gasteiger partial charge in [0.05, 0.1) is 38.8 Å². The van der Waals surface area contributed by atoms with Gasteiger partial charge in [-0.25, -0.2) is 9.97 Å². The van der Waals surface area contributed by atoms with Crippen molar-refractivity contribution in [1.82, 2.24) is 23.7 Å². The molecule has 78 heavy (non-hydrogen) atoms. The van der Waals surface area contributed by atoms with Crippen molar-refractivity contribution < 1.29 is 13.3 Å². The molecule has 0 saturated carbocycles. The van der Waals surface area contributed by atoms with Crippen molar-refractivity contribution in [3.63, 3.8) is 0 Å². The normalized spacial score (nSPS) is 12.4. The van der Waals surface area contributed by atoms with Crippen LogP contribution in [0.5, 0.6) is 0 Å². The Bertz CT molecular complexity index is 5360. The van der Waals surface area contributed by atoms with Crippen molar-refractivity contribution in [3.8, 4) is 39.8 Å². The lowest BCUT2D eigenvalue weighted by Gasteiger charge is -2.14. The highest BCUT2D eigenvalue weighted by molar-refractivity contribution is 6.20. The van der Waals surface area contributed by atoms with E-state index >= 15 is 0 Å². The van der Waals surface area contributed by atoms with Crippen LogP contribution in [0.1, 0.15) is 0 Å². The van der Waals surface area contributed by atoms with Crippen molar-refractivity contribution in [3.05, 3.63) is 237 Å². The summed E-state index contributed by atoms with van der Waals surface area (Å²) in [5.41, 5.74) is 16.3. The average Bonchev–Trinajstić information content (AvgIpc) is 4.51. The van der Waals surface area contributed by atoms with E-state index in [9.17, 15) is 0 Å². The molecule has 0 aliphatic rings. The Labute approximate surface area is 442 Å². The lowest BCUT2D eigenvalue weighted by Crippen LogP contribution is -2.03. The summed E-state index contributed by atoms with van der Waals surface area (Å²) in [5.74, 6) is 1.35. The van der Waals surface area contributed by atoms with Gasteiger partial charge in [-0.3, -0.25) is 4.57 Å². The van der Waals surface area contributed by atoms with Crippen LogP contribution in [0.2, 0.25) is 0 Å². The molecule has 0 bridgehead atoms. The van der Waals surface area contributed by atoms with Crippen molar-refractivity contribution in [2.45, 2.75) is 0 Å². The predicted octanol–water partition coefficient (Wildman–Crippen LogP) is 18.8. The van der Waals surface area contributed by atoms with Gasteiger partial charge in [0.15, 0.2) is 5.82 Å². The van der Waals surface area contributed by atoms with Gasteiger partial charge in [-0.05, 0) is 97.1 Å². The van der Waals surface area contributed by atoms with Gasteiger partial charge in [0.25, 0.3) is 0 Å². The van der Waals surface area contributed by atoms with E-state index in [-0.39, 0.29) is 0 Å². The van der Waals surface area contributed by atoms with Gasteiger partial charge in [-0.1, -0.05) is 133 Å². The number of fused-ring (bicyclic) bond motifs is 18. The third-order valence-corrected chi connectivity index (χ3v) is 16.2. The zero-order chi connectivity index (χ0) is 50.7. The van der Waals surface area contributed by atoms with Crippen molar-refractivity contribution >= 4 is 131 Å². The van der Waals surface area contributed by atoms with E-state index in [0.717, 1.165) is 165 Å². The minimum Gasteiger partial charge on any atom is -0.456 e. The second-order valence-corrected chi connectivity index (χ2v) is 20.5. The van der Waals surface area contributed by atoms with Crippen LogP contribution in [0.3, 0.4) is 0 Å². The van der Waals surface area contributed by atoms with Crippen LogP contribution in [0.4, 0.5) is 0 Å². The molecule has 8 nitrogen and oxygen atoms in total. The highest BCUT2D eigenvalue weighted by Gasteiger charge is 2.23. The SMILES string of the molecule is c1cc(-c2cc(-n3c4ccccc4c4cc5oc6ccccc6c5cc43)nc(-c3cccc(-n4c5ccccc5c5cc6oc7ccccc7c6cc54)c3)n2)cc(-n2c3ccccc3c3cc4oc5ccccc5c4cc32)c1. The fraction of sp³-hybridized carbons (Fsp3) is 0. The fourth-order valence-corrected chi connectivity index (χ4v) is 12.8. The minimum absolute atomic E-state index is 0.602. The Morgan fingerprint density at radius 2 is 0.628 bits per heavy atom. The molecule has 362 valence electrons. The topological polar surface area (TPSA) is 80.0 Å². The highest BCUT2D eigenvalue weighted by atomic mass is 16.3. The smallest absolute Gasteiger partial charge is 0.162 e. The standard InChI is InChI=1S/C70H39N5O3/c1-7-25-57-44(19-1)50-36-66-53(47-22-4-10-28-63(47)76-66)33-60(50)73(57)42-17-13-15-40(31-42)56-39-69(75-59-27-9-3-21-46(59)52-38-68-55(35-62(52)75)49-24-6-12-30-65(49)78-68)72-70(71-56)41-16-14-18-43(32-41)74-58-26-8-2-20-45(58)51-37-67-54(34-61(51)74)48-23-5-11-29-64(48)77-67/h1-39H. The average molecular weight is 998 g/mol. The van der Waals surface area contributed by atoms with Crippen LogP contribution in [0.15, 0.2) is 250 Å². The lowest BCUT2D eigenvalue weighted by atomic mass is 10.1. The fourth-order valence-electron chi connectivity index (χ4n) is 12.8. The van der Waals surface area contributed by atoms with E-state index in [2.05, 4.69) is 214 Å². The molecule has 18 rings (SSSR count). The van der Waals surface area contributed by atoms with Crippen LogP contribution in [-0.4, -0.2) is 23.7 Å². The summed E-state index contributed by atoms with van der Waals surface area (Å²) in [5, 5.41) is 13.2. The van der Waals surface area contributed by atoms with E-state index in [1.807, 2.05) is 36.4 Å². The number of para-hydroxylation sites is 6. The Morgan fingerprint density at radius 3 is 1.10 bits per heavy atom. The number of nitrogens with zero attached hydrogens (tertiary/aromatic N) is 5. The monoisotopic (exact) mass is 997 g/mol. The van der Waals surface area contributed by atoms with Crippen LogP contribution < -0.4 is 0 Å². The van der Waals surface area contributed by atoms with E-state index < -0.39 is 0 Å². The first-order valence-corrected chi connectivity index (χ1v) is 26.3. The number of hydrogen-bond acceptors (Lipinski definition) is 5. The number of hydrogen-bond donors (Lipinski definition) is 0. The van der Waals surface area contributed by atoms with Crippen molar-refractivity contribution in [2.75, 3.05) is 0 Å². The Hall–Kier alpha value is -10.7. The summed E-state index contributed by atoms with van der Waals surface area (Å²) in [6.45, 7) is 0. The Balaban J connectivity index is 0.882. The first-order valence-electron chi connectivity index (χ1n) is 26.3. The Morgan fingerprint density at radius 1 is 0.244 bits per heavy atom. The summed E-state index contributed by atoms with van der Waals surface area (Å²) in [6.07, 6.45) is 0. The molecule has 11 aromatic carbocycles. The molecule has 0 amide bonds. The van der Waals surface area contributed by atoms with E-state index in [1.165, 1.54) is 0 Å². The van der Waals surface area contributed by atoms with E-state index in [0.29, 0.717) is 5.82 Å². The van der Waals surface area contributed by atoms with Gasteiger partial charge in [0, 0.05) is 93.2 Å². The third kappa shape index (κ3) is 5.82. The number of furan rings is 3. The summed E-state index contributed by atoms with van der Waals surface area (Å²) in [6, 6.07) is 83.7.